The minimum Gasteiger partial charge on any atom is -0.488 e. The molecule has 166 valence electrons. The Morgan fingerprint density at radius 2 is 1.50 bits per heavy atom. The Morgan fingerprint density at radius 3 is 2.29 bits per heavy atom. The summed E-state index contributed by atoms with van der Waals surface area (Å²) in [5.74, 6) is 0.493. The molecular weight excluding hydrogens is 488 g/mol. The average Bonchev–Trinajstić information content (AvgIpc) is 2.88. The maximum absolute atomic E-state index is 12.6. The number of carbonyl (C=O) groups excluding carboxylic acids is 1. The number of fused-ring (bicyclic) bond motifs is 2. The minimum atomic E-state index is -0.248. The van der Waals surface area contributed by atoms with Crippen LogP contribution in [-0.2, 0) is 6.61 Å². The first-order chi connectivity index (χ1) is 16.7. The van der Waals surface area contributed by atoms with Crippen molar-refractivity contribution in [3.8, 4) is 5.75 Å². The lowest BCUT2D eigenvalue weighted by Gasteiger charge is -2.11. The Kier molecular flexibility index (Phi) is 6.36. The number of hydrogen-bond acceptors (Lipinski definition) is 3. The fourth-order valence-corrected chi connectivity index (χ4v) is 4.45. The van der Waals surface area contributed by atoms with Gasteiger partial charge in [-0.1, -0.05) is 78.9 Å². The van der Waals surface area contributed by atoms with Gasteiger partial charge in [-0.2, -0.15) is 5.10 Å². The predicted octanol–water partition coefficient (Wildman–Crippen LogP) is 7.10. The van der Waals surface area contributed by atoms with Crippen LogP contribution in [0, 0.1) is 0 Å². The molecule has 0 heterocycles. The van der Waals surface area contributed by atoms with Gasteiger partial charge in [0.15, 0.2) is 0 Å². The molecule has 1 N–H and O–H groups in total. The molecule has 0 aliphatic heterocycles. The standard InChI is InChI=1S/C29H21BrN2O2/c30-27-17-20(18-31-32-29(33)26-14-6-10-22-8-2-4-13-25(22)26)15-16-28(27)34-19-23-11-5-9-21-7-1-3-12-24(21)23/h1-18H,19H2,(H,32,33). The normalized spacial score (nSPS) is 11.2. The molecule has 0 aromatic heterocycles. The van der Waals surface area contributed by atoms with E-state index in [1.54, 1.807) is 12.3 Å². The Labute approximate surface area is 206 Å². The van der Waals surface area contributed by atoms with Crippen LogP contribution in [0.2, 0.25) is 0 Å². The number of carbonyl (C=O) groups is 1. The van der Waals surface area contributed by atoms with Crippen LogP contribution in [0.25, 0.3) is 21.5 Å². The monoisotopic (exact) mass is 508 g/mol. The van der Waals surface area contributed by atoms with Gasteiger partial charge in [0.25, 0.3) is 5.91 Å². The molecule has 0 radical (unpaired) electrons. The molecule has 0 saturated carbocycles. The molecule has 5 aromatic rings. The van der Waals surface area contributed by atoms with Crippen molar-refractivity contribution in [2.75, 3.05) is 0 Å². The summed E-state index contributed by atoms with van der Waals surface area (Å²) >= 11 is 3.58. The van der Waals surface area contributed by atoms with Crippen LogP contribution in [0.5, 0.6) is 5.75 Å². The van der Waals surface area contributed by atoms with Gasteiger partial charge in [-0.3, -0.25) is 4.79 Å². The number of rotatable bonds is 6. The Morgan fingerprint density at radius 1 is 0.824 bits per heavy atom. The minimum absolute atomic E-state index is 0.248. The van der Waals surface area contributed by atoms with Gasteiger partial charge in [0, 0.05) is 5.56 Å². The van der Waals surface area contributed by atoms with Crippen LogP contribution in [0.15, 0.2) is 113 Å². The summed E-state index contributed by atoms with van der Waals surface area (Å²) in [6.45, 7) is 0.467. The molecule has 0 unspecified atom stereocenters. The Hall–Kier alpha value is -3.96. The zero-order chi connectivity index (χ0) is 23.3. The number of benzene rings is 5. The summed E-state index contributed by atoms with van der Waals surface area (Å²) in [6, 6.07) is 33.6. The fourth-order valence-electron chi connectivity index (χ4n) is 3.94. The highest BCUT2D eigenvalue weighted by atomic mass is 79.9. The number of nitrogens with one attached hydrogen (secondary N) is 1. The Balaban J connectivity index is 1.25. The van der Waals surface area contributed by atoms with Crippen LogP contribution in [0.1, 0.15) is 21.5 Å². The molecular formula is C29H21BrN2O2. The van der Waals surface area contributed by atoms with Gasteiger partial charge in [-0.25, -0.2) is 5.43 Å². The molecule has 5 rings (SSSR count). The third-order valence-corrected chi connectivity index (χ3v) is 6.25. The highest BCUT2D eigenvalue weighted by Crippen LogP contribution is 2.28. The van der Waals surface area contributed by atoms with Crippen LogP contribution in [0.3, 0.4) is 0 Å². The molecule has 0 bridgehead atoms. The SMILES string of the molecule is O=C(NN=Cc1ccc(OCc2cccc3ccccc23)c(Br)c1)c1cccc2ccccc12. The van der Waals surface area contributed by atoms with Gasteiger partial charge in [0.2, 0.25) is 0 Å². The zero-order valence-electron chi connectivity index (χ0n) is 18.2. The third kappa shape index (κ3) is 4.70. The number of halogens is 1. The first-order valence-electron chi connectivity index (χ1n) is 10.9. The highest BCUT2D eigenvalue weighted by Gasteiger charge is 2.09. The summed E-state index contributed by atoms with van der Waals surface area (Å²) in [5.41, 5.74) is 5.18. The summed E-state index contributed by atoms with van der Waals surface area (Å²) in [6.07, 6.45) is 1.61. The van der Waals surface area contributed by atoms with Gasteiger partial charge >= 0.3 is 0 Å². The highest BCUT2D eigenvalue weighted by molar-refractivity contribution is 9.10. The summed E-state index contributed by atoms with van der Waals surface area (Å²) < 4.78 is 6.88. The van der Waals surface area contributed by atoms with E-state index in [0.29, 0.717) is 12.2 Å². The van der Waals surface area contributed by atoms with E-state index in [0.717, 1.165) is 32.1 Å². The lowest BCUT2D eigenvalue weighted by atomic mass is 10.0. The van der Waals surface area contributed by atoms with Gasteiger partial charge in [-0.15, -0.1) is 0 Å². The molecule has 0 aliphatic rings. The van der Waals surface area contributed by atoms with Crippen molar-refractivity contribution in [2.24, 2.45) is 5.10 Å². The van der Waals surface area contributed by atoms with Crippen LogP contribution < -0.4 is 10.2 Å². The van der Waals surface area contributed by atoms with E-state index >= 15 is 0 Å². The number of hydrazone groups is 1. The van der Waals surface area contributed by atoms with Gasteiger partial charge < -0.3 is 4.74 Å². The van der Waals surface area contributed by atoms with E-state index < -0.39 is 0 Å². The molecule has 0 aliphatic carbocycles. The van der Waals surface area contributed by atoms with Gasteiger partial charge in [0.1, 0.15) is 12.4 Å². The lowest BCUT2D eigenvalue weighted by Crippen LogP contribution is -2.17. The molecule has 0 saturated heterocycles. The quantitative estimate of drug-likeness (QED) is 0.196. The van der Waals surface area contributed by atoms with Crippen molar-refractivity contribution in [3.05, 3.63) is 124 Å². The lowest BCUT2D eigenvalue weighted by molar-refractivity contribution is 0.0957. The molecule has 0 spiro atoms. The number of ether oxygens (including phenoxy) is 1. The fraction of sp³-hybridized carbons (Fsp3) is 0.0345. The molecule has 1 amide bonds. The summed E-state index contributed by atoms with van der Waals surface area (Å²) in [5, 5.41) is 8.43. The summed E-state index contributed by atoms with van der Waals surface area (Å²) in [4.78, 5) is 12.6. The van der Waals surface area contributed by atoms with E-state index in [2.05, 4.69) is 50.7 Å². The molecule has 0 atom stereocenters. The molecule has 5 aromatic carbocycles. The first kappa shape index (κ1) is 21.9. The van der Waals surface area contributed by atoms with Crippen LogP contribution in [0.4, 0.5) is 0 Å². The second-order valence-corrected chi connectivity index (χ2v) is 8.70. The predicted molar refractivity (Wildman–Crippen MR) is 141 cm³/mol. The van der Waals surface area contributed by atoms with Crippen molar-refractivity contribution in [2.45, 2.75) is 6.61 Å². The largest absolute Gasteiger partial charge is 0.488 e. The Bertz CT molecular complexity index is 1520. The van der Waals surface area contributed by atoms with E-state index in [4.69, 9.17) is 4.74 Å². The molecule has 0 fully saturated rings. The van der Waals surface area contributed by atoms with Crippen molar-refractivity contribution in [1.82, 2.24) is 5.43 Å². The van der Waals surface area contributed by atoms with Gasteiger partial charge in [-0.05, 0) is 72.9 Å². The first-order valence-corrected chi connectivity index (χ1v) is 11.7. The van der Waals surface area contributed by atoms with Crippen molar-refractivity contribution < 1.29 is 9.53 Å². The third-order valence-electron chi connectivity index (χ3n) is 5.63. The molecule has 34 heavy (non-hydrogen) atoms. The maximum atomic E-state index is 12.6. The van der Waals surface area contributed by atoms with Crippen LogP contribution in [-0.4, -0.2) is 12.1 Å². The smallest absolute Gasteiger partial charge is 0.271 e. The number of nitrogens with zero attached hydrogens (tertiary/aromatic N) is 1. The topological polar surface area (TPSA) is 50.7 Å². The van der Waals surface area contributed by atoms with E-state index in [-0.39, 0.29) is 5.91 Å². The van der Waals surface area contributed by atoms with Crippen molar-refractivity contribution in [1.29, 1.82) is 0 Å². The second-order valence-electron chi connectivity index (χ2n) is 7.84. The molecule has 4 nitrogen and oxygen atoms in total. The second kappa shape index (κ2) is 9.89. The van der Waals surface area contributed by atoms with Gasteiger partial charge in [0.05, 0.1) is 10.7 Å². The van der Waals surface area contributed by atoms with E-state index in [1.165, 1.54) is 10.8 Å². The van der Waals surface area contributed by atoms with E-state index in [9.17, 15) is 4.79 Å². The average molecular weight is 509 g/mol. The zero-order valence-corrected chi connectivity index (χ0v) is 19.8. The van der Waals surface area contributed by atoms with Crippen molar-refractivity contribution >= 4 is 49.6 Å². The number of hydrogen-bond donors (Lipinski definition) is 1. The summed E-state index contributed by atoms with van der Waals surface area (Å²) in [7, 11) is 0. The maximum Gasteiger partial charge on any atom is 0.271 e. The number of amides is 1. The van der Waals surface area contributed by atoms with Crippen molar-refractivity contribution in [3.63, 3.8) is 0 Å². The van der Waals surface area contributed by atoms with Crippen LogP contribution >= 0.6 is 15.9 Å². The molecule has 5 heteroatoms. The van der Waals surface area contributed by atoms with E-state index in [1.807, 2.05) is 72.8 Å².